The molecular weight excluding hydrogens is 400 g/mol. The molecule has 0 saturated heterocycles. The van der Waals surface area contributed by atoms with Crippen LogP contribution in [0, 0.1) is 0 Å². The van der Waals surface area contributed by atoms with Crippen LogP contribution in [-0.4, -0.2) is 23.9 Å². The maximum atomic E-state index is 13.1. The predicted octanol–water partition coefficient (Wildman–Crippen LogP) is 4.00. The summed E-state index contributed by atoms with van der Waals surface area (Å²) < 4.78 is 84.1. The van der Waals surface area contributed by atoms with Crippen LogP contribution in [-0.2, 0) is 27.5 Å². The van der Waals surface area contributed by atoms with E-state index in [-0.39, 0.29) is 6.61 Å². The van der Waals surface area contributed by atoms with Crippen molar-refractivity contribution in [3.8, 4) is 5.88 Å². The van der Waals surface area contributed by atoms with Gasteiger partial charge in [0, 0.05) is 11.4 Å². The van der Waals surface area contributed by atoms with Crippen LogP contribution in [0.25, 0.3) is 0 Å². The molecule has 130 valence electrons. The van der Waals surface area contributed by atoms with Crippen LogP contribution in [0.1, 0.15) is 23.7 Å². The minimum Gasteiger partial charge on any atom is -0.466 e. The van der Waals surface area contributed by atoms with Gasteiger partial charge in [-0.3, -0.25) is 4.79 Å². The van der Waals surface area contributed by atoms with Crippen LogP contribution in [0.5, 0.6) is 5.88 Å². The van der Waals surface area contributed by atoms with E-state index in [2.05, 4.69) is 30.4 Å². The number of alkyl halides is 7. The molecule has 1 aromatic rings. The van der Waals surface area contributed by atoms with Crippen molar-refractivity contribution in [2.75, 3.05) is 6.61 Å². The van der Waals surface area contributed by atoms with Crippen molar-refractivity contribution in [2.45, 2.75) is 31.2 Å². The third kappa shape index (κ3) is 5.88. The molecule has 23 heavy (non-hydrogen) atoms. The molecule has 11 heteroatoms. The first-order chi connectivity index (χ1) is 10.5. The summed E-state index contributed by atoms with van der Waals surface area (Å²) in [5.41, 5.74) is -2.73. The summed E-state index contributed by atoms with van der Waals surface area (Å²) in [6.45, 7) is 1.34. The molecule has 0 aliphatic carbocycles. The Hall–Kier alpha value is -1.52. The van der Waals surface area contributed by atoms with Crippen LogP contribution >= 0.6 is 15.9 Å². The third-order valence-corrected chi connectivity index (χ3v) is 3.02. The zero-order valence-electron chi connectivity index (χ0n) is 11.5. The van der Waals surface area contributed by atoms with Crippen LogP contribution in [0.2, 0.25) is 0 Å². The summed E-state index contributed by atoms with van der Waals surface area (Å²) in [6.07, 6.45) is -11.0. The van der Waals surface area contributed by atoms with Gasteiger partial charge in [-0.15, -0.1) is 13.2 Å². The smallest absolute Gasteiger partial charge is 0.466 e. The van der Waals surface area contributed by atoms with Crippen LogP contribution in [0.15, 0.2) is 6.07 Å². The van der Waals surface area contributed by atoms with Gasteiger partial charge in [-0.2, -0.15) is 13.2 Å². The van der Waals surface area contributed by atoms with E-state index in [4.69, 9.17) is 0 Å². The van der Waals surface area contributed by atoms with E-state index in [1.807, 2.05) is 0 Å². The first-order valence-corrected chi connectivity index (χ1v) is 7.17. The average Bonchev–Trinajstić information content (AvgIpc) is 2.34. The zero-order chi connectivity index (χ0) is 17.8. The van der Waals surface area contributed by atoms with Crippen molar-refractivity contribution >= 4 is 21.9 Å². The second-order valence-corrected chi connectivity index (χ2v) is 4.66. The molecule has 0 aliphatic heterocycles. The van der Waals surface area contributed by atoms with Crippen LogP contribution in [0.4, 0.5) is 26.3 Å². The number of pyridine rings is 1. The first kappa shape index (κ1) is 19.5. The monoisotopic (exact) mass is 409 g/mol. The van der Waals surface area contributed by atoms with Gasteiger partial charge in [0.25, 0.3) is 0 Å². The minimum atomic E-state index is -5.13. The van der Waals surface area contributed by atoms with Crippen molar-refractivity contribution in [1.29, 1.82) is 0 Å². The van der Waals surface area contributed by atoms with Crippen molar-refractivity contribution in [2.24, 2.45) is 0 Å². The number of esters is 1. The topological polar surface area (TPSA) is 48.4 Å². The minimum absolute atomic E-state index is 0.0930. The highest BCUT2D eigenvalue weighted by atomic mass is 79.9. The van der Waals surface area contributed by atoms with Gasteiger partial charge >= 0.3 is 18.5 Å². The fraction of sp³-hybridized carbons (Fsp3) is 0.500. The van der Waals surface area contributed by atoms with E-state index >= 15 is 0 Å². The standard InChI is InChI=1S/C12H10BrF6NO3/c1-2-22-9(21)4-7-10(11(14,15)16)6(5-13)3-8(20-7)23-12(17,18)19/h3H,2,4-5H2,1H3. The number of halogens is 7. The lowest BCUT2D eigenvalue weighted by Crippen LogP contribution is -2.22. The molecule has 0 fully saturated rings. The largest absolute Gasteiger partial charge is 0.574 e. The summed E-state index contributed by atoms with van der Waals surface area (Å²) >= 11 is 2.76. The second-order valence-electron chi connectivity index (χ2n) is 4.10. The van der Waals surface area contributed by atoms with Gasteiger partial charge in [0.1, 0.15) is 0 Å². The summed E-state index contributed by atoms with van der Waals surface area (Å²) in [5, 5.41) is -0.408. The number of carbonyl (C=O) groups is 1. The fourth-order valence-electron chi connectivity index (χ4n) is 1.73. The Bertz CT molecular complexity index is 573. The third-order valence-electron chi connectivity index (χ3n) is 2.42. The highest BCUT2D eigenvalue weighted by Gasteiger charge is 2.39. The van der Waals surface area contributed by atoms with E-state index < -0.39 is 53.0 Å². The van der Waals surface area contributed by atoms with Crippen LogP contribution in [0.3, 0.4) is 0 Å². The average molecular weight is 410 g/mol. The maximum Gasteiger partial charge on any atom is 0.574 e. The molecule has 1 heterocycles. The number of carbonyl (C=O) groups excluding carboxylic acids is 1. The van der Waals surface area contributed by atoms with Gasteiger partial charge in [-0.25, -0.2) is 4.98 Å². The summed E-state index contributed by atoms with van der Waals surface area (Å²) in [4.78, 5) is 14.6. The Labute approximate surface area is 134 Å². The Morgan fingerprint density at radius 2 is 1.87 bits per heavy atom. The Kier molecular flexibility index (Phi) is 6.25. The first-order valence-electron chi connectivity index (χ1n) is 6.05. The number of ether oxygens (including phenoxy) is 2. The molecular formula is C12H10BrF6NO3. The van der Waals surface area contributed by atoms with E-state index in [1.54, 1.807) is 0 Å². The molecule has 1 aromatic heterocycles. The van der Waals surface area contributed by atoms with Crippen molar-refractivity contribution in [3.05, 3.63) is 22.9 Å². The number of hydrogen-bond acceptors (Lipinski definition) is 4. The molecule has 0 bridgehead atoms. The molecule has 0 aromatic carbocycles. The highest BCUT2D eigenvalue weighted by Crippen LogP contribution is 2.37. The van der Waals surface area contributed by atoms with Gasteiger partial charge < -0.3 is 9.47 Å². The quantitative estimate of drug-likeness (QED) is 0.419. The zero-order valence-corrected chi connectivity index (χ0v) is 13.1. The van der Waals surface area contributed by atoms with Crippen molar-refractivity contribution in [3.63, 3.8) is 0 Å². The number of nitrogens with zero attached hydrogens (tertiary/aromatic N) is 1. The molecule has 0 spiro atoms. The van der Waals surface area contributed by atoms with Gasteiger partial charge in [-0.1, -0.05) is 15.9 Å². The van der Waals surface area contributed by atoms with Gasteiger partial charge in [0.05, 0.1) is 24.3 Å². The van der Waals surface area contributed by atoms with Gasteiger partial charge in [0.2, 0.25) is 5.88 Å². The van der Waals surface area contributed by atoms with E-state index in [1.165, 1.54) is 6.92 Å². The molecule has 0 amide bonds. The van der Waals surface area contributed by atoms with Crippen LogP contribution < -0.4 is 4.74 Å². The Balaban J connectivity index is 3.40. The van der Waals surface area contributed by atoms with Gasteiger partial charge in [0.15, 0.2) is 0 Å². The second kappa shape index (κ2) is 7.37. The SMILES string of the molecule is CCOC(=O)Cc1nc(OC(F)(F)F)cc(CBr)c1C(F)(F)F. The molecule has 0 unspecified atom stereocenters. The summed E-state index contributed by atoms with van der Waals surface area (Å²) in [7, 11) is 0. The highest BCUT2D eigenvalue weighted by molar-refractivity contribution is 9.08. The summed E-state index contributed by atoms with van der Waals surface area (Å²) in [6, 6.07) is 0.514. The molecule has 0 saturated carbocycles. The van der Waals surface area contributed by atoms with E-state index in [0.717, 1.165) is 0 Å². The lowest BCUT2D eigenvalue weighted by Gasteiger charge is -2.17. The molecule has 0 atom stereocenters. The summed E-state index contributed by atoms with van der Waals surface area (Å²) in [5.74, 6) is -2.13. The molecule has 1 rings (SSSR count). The lowest BCUT2D eigenvalue weighted by atomic mass is 10.0. The van der Waals surface area contributed by atoms with Crippen molar-refractivity contribution < 1.29 is 40.6 Å². The number of hydrogen-bond donors (Lipinski definition) is 0. The fourth-order valence-corrected chi connectivity index (χ4v) is 2.17. The Morgan fingerprint density at radius 3 is 2.30 bits per heavy atom. The molecule has 0 radical (unpaired) electrons. The number of aromatic nitrogens is 1. The molecule has 4 nitrogen and oxygen atoms in total. The normalized spacial score (nSPS) is 12.2. The Morgan fingerprint density at radius 1 is 1.26 bits per heavy atom. The lowest BCUT2D eigenvalue weighted by molar-refractivity contribution is -0.276. The van der Waals surface area contributed by atoms with E-state index in [0.29, 0.717) is 6.07 Å². The van der Waals surface area contributed by atoms with Gasteiger partial charge in [-0.05, 0) is 12.5 Å². The molecule has 0 N–H and O–H groups in total. The number of rotatable bonds is 5. The van der Waals surface area contributed by atoms with Crippen molar-refractivity contribution in [1.82, 2.24) is 4.98 Å². The predicted molar refractivity (Wildman–Crippen MR) is 68.9 cm³/mol. The maximum absolute atomic E-state index is 13.1. The molecule has 0 aliphatic rings. The van der Waals surface area contributed by atoms with E-state index in [9.17, 15) is 31.1 Å².